The highest BCUT2D eigenvalue weighted by molar-refractivity contribution is 5.27. The zero-order valence-electron chi connectivity index (χ0n) is 9.91. The standard InChI is InChI=1S/C13H21NO2/c1-2-3-8-14-11-12-4-6-13(7-5-12)16-10-9-15/h4-7,14-15H,2-3,8-11H2,1H3. The van der Waals surface area contributed by atoms with Gasteiger partial charge in [-0.1, -0.05) is 25.5 Å². The van der Waals surface area contributed by atoms with E-state index in [1.807, 2.05) is 24.3 Å². The molecular weight excluding hydrogens is 202 g/mol. The first kappa shape index (κ1) is 13.0. The number of rotatable bonds is 8. The summed E-state index contributed by atoms with van der Waals surface area (Å²) >= 11 is 0. The lowest BCUT2D eigenvalue weighted by atomic mass is 10.2. The quantitative estimate of drug-likeness (QED) is 0.662. The van der Waals surface area contributed by atoms with Crippen molar-refractivity contribution in [3.8, 4) is 5.75 Å². The van der Waals surface area contributed by atoms with Crippen LogP contribution >= 0.6 is 0 Å². The summed E-state index contributed by atoms with van der Waals surface area (Å²) in [5, 5.41) is 12.0. The number of aliphatic hydroxyl groups excluding tert-OH is 1. The topological polar surface area (TPSA) is 41.5 Å². The number of hydrogen-bond donors (Lipinski definition) is 2. The van der Waals surface area contributed by atoms with E-state index in [-0.39, 0.29) is 6.61 Å². The molecule has 1 aromatic carbocycles. The van der Waals surface area contributed by atoms with E-state index >= 15 is 0 Å². The Morgan fingerprint density at radius 3 is 2.62 bits per heavy atom. The summed E-state index contributed by atoms with van der Waals surface area (Å²) in [6, 6.07) is 7.97. The van der Waals surface area contributed by atoms with Crippen LogP contribution in [0.4, 0.5) is 0 Å². The van der Waals surface area contributed by atoms with Gasteiger partial charge in [0.1, 0.15) is 12.4 Å². The minimum absolute atomic E-state index is 0.0559. The fourth-order valence-corrected chi connectivity index (χ4v) is 1.40. The van der Waals surface area contributed by atoms with Gasteiger partial charge in [0.25, 0.3) is 0 Å². The second-order valence-corrected chi connectivity index (χ2v) is 3.75. The molecule has 0 unspecified atom stereocenters. The van der Waals surface area contributed by atoms with Crippen molar-refractivity contribution in [1.29, 1.82) is 0 Å². The molecule has 1 aromatic rings. The summed E-state index contributed by atoms with van der Waals surface area (Å²) in [6.07, 6.45) is 2.44. The highest BCUT2D eigenvalue weighted by atomic mass is 16.5. The Morgan fingerprint density at radius 1 is 1.25 bits per heavy atom. The zero-order valence-corrected chi connectivity index (χ0v) is 9.91. The van der Waals surface area contributed by atoms with Gasteiger partial charge in [-0.2, -0.15) is 0 Å². The van der Waals surface area contributed by atoms with Crippen molar-refractivity contribution in [2.75, 3.05) is 19.8 Å². The lowest BCUT2D eigenvalue weighted by molar-refractivity contribution is 0.201. The monoisotopic (exact) mass is 223 g/mol. The molecule has 3 heteroatoms. The molecule has 0 bridgehead atoms. The highest BCUT2D eigenvalue weighted by Gasteiger charge is 1.95. The van der Waals surface area contributed by atoms with Crippen LogP contribution in [0.15, 0.2) is 24.3 Å². The van der Waals surface area contributed by atoms with E-state index in [0.717, 1.165) is 18.8 Å². The lowest BCUT2D eigenvalue weighted by Gasteiger charge is -2.06. The summed E-state index contributed by atoms with van der Waals surface area (Å²) < 4.78 is 5.28. The van der Waals surface area contributed by atoms with Gasteiger partial charge in [0.2, 0.25) is 0 Å². The molecule has 0 fully saturated rings. The Balaban J connectivity index is 2.27. The minimum Gasteiger partial charge on any atom is -0.491 e. The van der Waals surface area contributed by atoms with E-state index in [0.29, 0.717) is 6.61 Å². The second-order valence-electron chi connectivity index (χ2n) is 3.75. The van der Waals surface area contributed by atoms with Crippen molar-refractivity contribution in [2.45, 2.75) is 26.3 Å². The number of unbranched alkanes of at least 4 members (excludes halogenated alkanes) is 1. The van der Waals surface area contributed by atoms with Gasteiger partial charge in [-0.15, -0.1) is 0 Å². The Kier molecular flexibility index (Phi) is 6.61. The van der Waals surface area contributed by atoms with Crippen LogP contribution in [0.5, 0.6) is 5.75 Å². The van der Waals surface area contributed by atoms with Crippen LogP contribution < -0.4 is 10.1 Å². The molecule has 3 nitrogen and oxygen atoms in total. The van der Waals surface area contributed by atoms with Gasteiger partial charge in [-0.05, 0) is 30.7 Å². The number of hydrogen-bond acceptors (Lipinski definition) is 3. The summed E-state index contributed by atoms with van der Waals surface area (Å²) in [5.41, 5.74) is 1.26. The van der Waals surface area contributed by atoms with E-state index in [1.165, 1.54) is 18.4 Å². The molecule has 0 saturated carbocycles. The van der Waals surface area contributed by atoms with Gasteiger partial charge in [-0.25, -0.2) is 0 Å². The van der Waals surface area contributed by atoms with Gasteiger partial charge in [-0.3, -0.25) is 0 Å². The molecule has 0 aliphatic heterocycles. The van der Waals surface area contributed by atoms with Crippen LogP contribution in [0.2, 0.25) is 0 Å². The van der Waals surface area contributed by atoms with Crippen LogP contribution in [0.25, 0.3) is 0 Å². The average Bonchev–Trinajstić information content (AvgIpc) is 2.33. The smallest absolute Gasteiger partial charge is 0.119 e. The SMILES string of the molecule is CCCCNCc1ccc(OCCO)cc1. The number of aliphatic hydroxyl groups is 1. The third-order valence-corrected chi connectivity index (χ3v) is 2.32. The fourth-order valence-electron chi connectivity index (χ4n) is 1.40. The molecule has 16 heavy (non-hydrogen) atoms. The van der Waals surface area contributed by atoms with E-state index in [9.17, 15) is 0 Å². The number of ether oxygens (including phenoxy) is 1. The number of nitrogens with one attached hydrogen (secondary N) is 1. The van der Waals surface area contributed by atoms with Gasteiger partial charge in [0, 0.05) is 6.54 Å². The van der Waals surface area contributed by atoms with Crippen molar-refractivity contribution in [2.24, 2.45) is 0 Å². The lowest BCUT2D eigenvalue weighted by Crippen LogP contribution is -2.14. The maximum atomic E-state index is 8.61. The Labute approximate surface area is 97.4 Å². The average molecular weight is 223 g/mol. The molecule has 0 aromatic heterocycles. The fraction of sp³-hybridized carbons (Fsp3) is 0.538. The molecule has 2 N–H and O–H groups in total. The third kappa shape index (κ3) is 5.14. The predicted molar refractivity (Wildman–Crippen MR) is 65.6 cm³/mol. The third-order valence-electron chi connectivity index (χ3n) is 2.32. The Bertz CT molecular complexity index is 272. The van der Waals surface area contributed by atoms with Gasteiger partial charge in [0.05, 0.1) is 6.61 Å². The Hall–Kier alpha value is -1.06. The maximum absolute atomic E-state index is 8.61. The van der Waals surface area contributed by atoms with Crippen LogP contribution in [-0.2, 0) is 6.54 Å². The van der Waals surface area contributed by atoms with Crippen molar-refractivity contribution >= 4 is 0 Å². The van der Waals surface area contributed by atoms with Crippen molar-refractivity contribution in [3.63, 3.8) is 0 Å². The van der Waals surface area contributed by atoms with Gasteiger partial charge < -0.3 is 15.2 Å². The molecule has 0 heterocycles. The summed E-state index contributed by atoms with van der Waals surface area (Å²) in [6.45, 7) is 4.57. The molecule has 0 atom stereocenters. The first-order chi connectivity index (χ1) is 7.86. The highest BCUT2D eigenvalue weighted by Crippen LogP contribution is 2.11. The molecule has 0 aliphatic rings. The first-order valence-electron chi connectivity index (χ1n) is 5.90. The minimum atomic E-state index is 0.0559. The van der Waals surface area contributed by atoms with E-state index in [4.69, 9.17) is 9.84 Å². The molecule has 0 radical (unpaired) electrons. The molecular formula is C13H21NO2. The predicted octanol–water partition coefficient (Wildman–Crippen LogP) is 1.95. The largest absolute Gasteiger partial charge is 0.491 e. The van der Waals surface area contributed by atoms with Gasteiger partial charge >= 0.3 is 0 Å². The molecule has 0 amide bonds. The molecule has 1 rings (SSSR count). The normalized spacial score (nSPS) is 10.4. The van der Waals surface area contributed by atoms with Gasteiger partial charge in [0.15, 0.2) is 0 Å². The number of benzene rings is 1. The van der Waals surface area contributed by atoms with E-state index in [2.05, 4.69) is 12.2 Å². The molecule has 0 aliphatic carbocycles. The maximum Gasteiger partial charge on any atom is 0.119 e. The summed E-state index contributed by atoms with van der Waals surface area (Å²) in [5.74, 6) is 0.811. The molecule has 90 valence electrons. The Morgan fingerprint density at radius 2 is 2.00 bits per heavy atom. The van der Waals surface area contributed by atoms with E-state index in [1.54, 1.807) is 0 Å². The summed E-state index contributed by atoms with van der Waals surface area (Å²) in [7, 11) is 0. The van der Waals surface area contributed by atoms with Crippen molar-refractivity contribution < 1.29 is 9.84 Å². The zero-order chi connectivity index (χ0) is 11.6. The van der Waals surface area contributed by atoms with Crippen LogP contribution in [0.3, 0.4) is 0 Å². The second kappa shape index (κ2) is 8.13. The molecule has 0 saturated heterocycles. The van der Waals surface area contributed by atoms with Crippen molar-refractivity contribution in [3.05, 3.63) is 29.8 Å². The van der Waals surface area contributed by atoms with E-state index < -0.39 is 0 Å². The summed E-state index contributed by atoms with van der Waals surface area (Å²) in [4.78, 5) is 0. The van der Waals surface area contributed by atoms with Crippen molar-refractivity contribution in [1.82, 2.24) is 5.32 Å². The van der Waals surface area contributed by atoms with Crippen LogP contribution in [0.1, 0.15) is 25.3 Å². The van der Waals surface area contributed by atoms with Crippen LogP contribution in [-0.4, -0.2) is 24.9 Å². The molecule has 0 spiro atoms. The van der Waals surface area contributed by atoms with Crippen LogP contribution in [0, 0.1) is 0 Å². The first-order valence-corrected chi connectivity index (χ1v) is 5.90.